The summed E-state index contributed by atoms with van der Waals surface area (Å²) in [6, 6.07) is 5.05. The van der Waals surface area contributed by atoms with E-state index in [4.69, 9.17) is 32.9 Å². The highest BCUT2D eigenvalue weighted by molar-refractivity contribution is 7.14. The van der Waals surface area contributed by atoms with E-state index in [1.54, 1.807) is 24.3 Å². The van der Waals surface area contributed by atoms with E-state index in [-0.39, 0.29) is 5.97 Å². The van der Waals surface area contributed by atoms with Crippen LogP contribution >= 0.6 is 34.5 Å². The molecule has 1 fully saturated rings. The molecule has 1 aromatic heterocycles. The highest BCUT2D eigenvalue weighted by Gasteiger charge is 2.36. The number of halogens is 2. The summed E-state index contributed by atoms with van der Waals surface area (Å²) in [6.45, 7) is 3.60. The number of aldehydes is 1. The van der Waals surface area contributed by atoms with Crippen LogP contribution in [0.25, 0.3) is 11.3 Å². The monoisotopic (exact) mass is 455 g/mol. The van der Waals surface area contributed by atoms with Crippen molar-refractivity contribution >= 4 is 51.9 Å². The Hall–Kier alpha value is -1.67. The van der Waals surface area contributed by atoms with Crippen molar-refractivity contribution in [3.8, 4) is 11.3 Å². The number of esters is 1. The molecule has 0 spiro atoms. The Bertz CT molecular complexity index is 882. The zero-order chi connectivity index (χ0) is 21.0. The van der Waals surface area contributed by atoms with Gasteiger partial charge in [0.1, 0.15) is 12.3 Å². The Kier molecular flexibility index (Phi) is 7.16. The Morgan fingerprint density at radius 3 is 2.79 bits per heavy atom. The van der Waals surface area contributed by atoms with Gasteiger partial charge >= 0.3 is 5.97 Å². The number of carbonyl (C=O) groups is 2. The van der Waals surface area contributed by atoms with Gasteiger partial charge in [-0.25, -0.2) is 4.98 Å². The predicted octanol–water partition coefficient (Wildman–Crippen LogP) is 4.05. The minimum atomic E-state index is -0.491. The van der Waals surface area contributed by atoms with E-state index in [2.05, 4.69) is 10.2 Å². The molecule has 1 atom stereocenters. The van der Waals surface area contributed by atoms with Crippen molar-refractivity contribution in [2.75, 3.05) is 31.6 Å². The maximum Gasteiger partial charge on any atom is 0.322 e. The third kappa shape index (κ3) is 4.91. The second kappa shape index (κ2) is 9.43. The first-order chi connectivity index (χ1) is 13.9. The van der Waals surface area contributed by atoms with Crippen LogP contribution < -0.4 is 10.2 Å². The van der Waals surface area contributed by atoms with Crippen LogP contribution in [0.1, 0.15) is 19.8 Å². The summed E-state index contributed by atoms with van der Waals surface area (Å²) in [6.07, 6.45) is 2.38. The van der Waals surface area contributed by atoms with Crippen LogP contribution in [-0.4, -0.2) is 50.0 Å². The molecule has 156 valence electrons. The van der Waals surface area contributed by atoms with E-state index in [1.165, 1.54) is 7.11 Å². The fourth-order valence-electron chi connectivity index (χ4n) is 3.33. The minimum absolute atomic E-state index is 0.335. The van der Waals surface area contributed by atoms with Crippen LogP contribution in [0.2, 0.25) is 10.0 Å². The van der Waals surface area contributed by atoms with Gasteiger partial charge in [0.15, 0.2) is 5.13 Å². The number of rotatable bonds is 7. The van der Waals surface area contributed by atoms with Gasteiger partial charge < -0.3 is 19.7 Å². The quantitative estimate of drug-likeness (QED) is 0.501. The topological polar surface area (TPSA) is 71.5 Å². The molecule has 0 bridgehead atoms. The summed E-state index contributed by atoms with van der Waals surface area (Å²) in [5.74, 6) is -0.335. The minimum Gasteiger partial charge on any atom is -0.468 e. The molecule has 9 heteroatoms. The van der Waals surface area contributed by atoms with Crippen LogP contribution in [0.5, 0.6) is 0 Å². The number of ether oxygens (including phenoxy) is 1. The van der Waals surface area contributed by atoms with E-state index in [9.17, 15) is 9.59 Å². The summed E-state index contributed by atoms with van der Waals surface area (Å²) < 4.78 is 4.73. The van der Waals surface area contributed by atoms with Gasteiger partial charge in [0, 0.05) is 36.0 Å². The van der Waals surface area contributed by atoms with E-state index >= 15 is 0 Å². The fraction of sp³-hybridized carbons (Fsp3) is 0.450. The number of piperidine rings is 1. The average Bonchev–Trinajstić information content (AvgIpc) is 3.23. The number of benzene rings is 1. The highest BCUT2D eigenvalue weighted by atomic mass is 35.5. The van der Waals surface area contributed by atoms with Gasteiger partial charge in [-0.2, -0.15) is 0 Å². The van der Waals surface area contributed by atoms with Crippen molar-refractivity contribution in [1.29, 1.82) is 0 Å². The molecule has 0 unspecified atom stereocenters. The lowest BCUT2D eigenvalue weighted by molar-refractivity contribution is -0.143. The van der Waals surface area contributed by atoms with Crippen LogP contribution in [-0.2, 0) is 14.3 Å². The molecule has 0 aliphatic carbocycles. The standard InChI is InChI=1S/C20H23Cl2N3O3S/c1-13(18(27)28-2)23-11-20(12-26)6-8-25(9-7-20)19-24-16(10-29-19)14-4-3-5-15(21)17(14)22/h3-5,10,12-13,23H,6-9,11H2,1-2H3/t13-/m0/s1. The largest absolute Gasteiger partial charge is 0.468 e. The van der Waals surface area contributed by atoms with E-state index in [0.29, 0.717) is 42.5 Å². The third-order valence-electron chi connectivity index (χ3n) is 5.31. The van der Waals surface area contributed by atoms with Gasteiger partial charge in [-0.3, -0.25) is 4.79 Å². The van der Waals surface area contributed by atoms with Crippen LogP contribution in [0, 0.1) is 5.41 Å². The van der Waals surface area contributed by atoms with Crippen molar-refractivity contribution in [3.63, 3.8) is 0 Å². The van der Waals surface area contributed by atoms with Crippen molar-refractivity contribution in [2.45, 2.75) is 25.8 Å². The molecule has 1 saturated heterocycles. The Balaban J connectivity index is 1.64. The number of aromatic nitrogens is 1. The molecular formula is C20H23Cl2N3O3S. The van der Waals surface area contributed by atoms with Gasteiger partial charge in [0.2, 0.25) is 0 Å². The number of hydrogen-bond donors (Lipinski definition) is 1. The summed E-state index contributed by atoms with van der Waals surface area (Å²) >= 11 is 14.0. The fourth-order valence-corrected chi connectivity index (χ4v) is 4.61. The van der Waals surface area contributed by atoms with Gasteiger partial charge in [-0.15, -0.1) is 11.3 Å². The Morgan fingerprint density at radius 1 is 1.41 bits per heavy atom. The third-order valence-corrected chi connectivity index (χ3v) is 7.03. The number of thiazole rings is 1. The van der Waals surface area contributed by atoms with Gasteiger partial charge in [-0.05, 0) is 25.8 Å². The van der Waals surface area contributed by atoms with E-state index in [0.717, 1.165) is 22.7 Å². The molecule has 0 saturated carbocycles. The van der Waals surface area contributed by atoms with Crippen LogP contribution in [0.4, 0.5) is 5.13 Å². The maximum absolute atomic E-state index is 11.8. The number of hydrogen-bond acceptors (Lipinski definition) is 7. The second-order valence-electron chi connectivity index (χ2n) is 7.21. The van der Waals surface area contributed by atoms with E-state index in [1.807, 2.05) is 17.5 Å². The van der Waals surface area contributed by atoms with Crippen molar-refractivity contribution in [1.82, 2.24) is 10.3 Å². The van der Waals surface area contributed by atoms with Crippen molar-refractivity contribution < 1.29 is 14.3 Å². The average molecular weight is 456 g/mol. The van der Waals surface area contributed by atoms with Crippen LogP contribution in [0.15, 0.2) is 23.6 Å². The molecular weight excluding hydrogens is 433 g/mol. The van der Waals surface area contributed by atoms with Gasteiger partial charge in [-0.1, -0.05) is 35.3 Å². The zero-order valence-corrected chi connectivity index (χ0v) is 18.6. The van der Waals surface area contributed by atoms with Gasteiger partial charge in [0.25, 0.3) is 0 Å². The molecule has 2 heterocycles. The second-order valence-corrected chi connectivity index (χ2v) is 8.83. The number of nitrogens with one attached hydrogen (secondary N) is 1. The molecule has 1 N–H and O–H groups in total. The van der Waals surface area contributed by atoms with Gasteiger partial charge in [0.05, 0.1) is 22.8 Å². The molecule has 2 aromatic rings. The molecule has 29 heavy (non-hydrogen) atoms. The predicted molar refractivity (Wildman–Crippen MR) is 117 cm³/mol. The number of anilines is 1. The zero-order valence-electron chi connectivity index (χ0n) is 16.3. The first-order valence-corrected chi connectivity index (χ1v) is 10.9. The molecule has 6 nitrogen and oxygen atoms in total. The molecule has 0 amide bonds. The molecule has 1 aliphatic heterocycles. The number of carbonyl (C=O) groups excluding carboxylic acids is 2. The summed E-state index contributed by atoms with van der Waals surface area (Å²) in [7, 11) is 1.35. The normalized spacial score (nSPS) is 17.0. The maximum atomic E-state index is 11.8. The summed E-state index contributed by atoms with van der Waals surface area (Å²) in [4.78, 5) is 30.3. The lowest BCUT2D eigenvalue weighted by Gasteiger charge is -2.38. The van der Waals surface area contributed by atoms with Crippen LogP contribution in [0.3, 0.4) is 0 Å². The summed E-state index contributed by atoms with van der Waals surface area (Å²) in [5, 5.41) is 6.98. The molecule has 3 rings (SSSR count). The summed E-state index contributed by atoms with van der Waals surface area (Å²) in [5.41, 5.74) is 1.11. The SMILES string of the molecule is COC(=O)[C@H](C)NCC1(C=O)CCN(c2nc(-c3cccc(Cl)c3Cl)cs2)CC1. The van der Waals surface area contributed by atoms with Crippen molar-refractivity contribution in [3.05, 3.63) is 33.6 Å². The lowest BCUT2D eigenvalue weighted by Crippen LogP contribution is -2.49. The smallest absolute Gasteiger partial charge is 0.322 e. The van der Waals surface area contributed by atoms with E-state index < -0.39 is 11.5 Å². The molecule has 1 aliphatic rings. The molecule has 0 radical (unpaired) electrons. The Morgan fingerprint density at radius 2 is 2.14 bits per heavy atom. The highest BCUT2D eigenvalue weighted by Crippen LogP contribution is 2.37. The first-order valence-electron chi connectivity index (χ1n) is 9.31. The van der Waals surface area contributed by atoms with Crippen molar-refractivity contribution in [2.24, 2.45) is 5.41 Å². The number of nitrogens with zero attached hydrogens (tertiary/aromatic N) is 2. The number of methoxy groups -OCH3 is 1. The first kappa shape index (κ1) is 22.0. The molecule has 1 aromatic carbocycles. The Labute approximate surface area is 184 Å². The lowest BCUT2D eigenvalue weighted by atomic mass is 9.79.